The highest BCUT2D eigenvalue weighted by molar-refractivity contribution is 9.10. The van der Waals surface area contributed by atoms with Crippen LogP contribution in [0.25, 0.3) is 0 Å². The maximum Gasteiger partial charge on any atom is 0.209 e. The Labute approximate surface area is 193 Å². The molecule has 0 atom stereocenters. The van der Waals surface area contributed by atoms with Crippen LogP contribution in [0.1, 0.15) is 17.5 Å². The second-order valence-corrected chi connectivity index (χ2v) is 8.76. The number of nitrogens with zero attached hydrogens (tertiary/aromatic N) is 4. The van der Waals surface area contributed by atoms with Gasteiger partial charge in [0.15, 0.2) is 11.5 Å². The Morgan fingerprint density at radius 1 is 1.20 bits per heavy atom. The smallest absolute Gasteiger partial charge is 0.209 e. The number of tetrazole rings is 1. The van der Waals surface area contributed by atoms with E-state index in [4.69, 9.17) is 21.1 Å². The summed E-state index contributed by atoms with van der Waals surface area (Å²) in [6, 6.07) is 11.6. The van der Waals surface area contributed by atoms with E-state index in [1.807, 2.05) is 43.4 Å². The van der Waals surface area contributed by atoms with Gasteiger partial charge in [0, 0.05) is 34.4 Å². The molecule has 0 aliphatic heterocycles. The molecule has 3 aromatic rings. The average molecular weight is 513 g/mol. The molecule has 1 N–H and O–H groups in total. The van der Waals surface area contributed by atoms with Crippen LogP contribution in [-0.2, 0) is 20.2 Å². The Balaban J connectivity index is 1.49. The quantitative estimate of drug-likeness (QED) is 0.300. The number of benzene rings is 2. The summed E-state index contributed by atoms with van der Waals surface area (Å²) >= 11 is 11.5. The summed E-state index contributed by atoms with van der Waals surface area (Å²) in [5, 5.41) is 16.4. The van der Waals surface area contributed by atoms with Gasteiger partial charge in [0.2, 0.25) is 5.16 Å². The first-order valence-electron chi connectivity index (χ1n) is 9.37. The summed E-state index contributed by atoms with van der Waals surface area (Å²) in [7, 11) is 3.48. The third-order valence-electron chi connectivity index (χ3n) is 4.30. The van der Waals surface area contributed by atoms with Crippen molar-refractivity contribution >= 4 is 39.3 Å². The van der Waals surface area contributed by atoms with E-state index in [1.165, 1.54) is 0 Å². The SMILES string of the molecule is COc1cc(CNCCCSc2nnnn2C)c(Br)cc1OCc1ccccc1Cl. The van der Waals surface area contributed by atoms with Crippen molar-refractivity contribution in [3.8, 4) is 11.5 Å². The van der Waals surface area contributed by atoms with Gasteiger partial charge in [0.1, 0.15) is 6.61 Å². The molecule has 160 valence electrons. The van der Waals surface area contributed by atoms with Crippen LogP contribution in [0.3, 0.4) is 0 Å². The first kappa shape index (κ1) is 22.9. The highest BCUT2D eigenvalue weighted by atomic mass is 79.9. The molecule has 0 aliphatic carbocycles. The van der Waals surface area contributed by atoms with Crippen molar-refractivity contribution in [1.29, 1.82) is 0 Å². The first-order chi connectivity index (χ1) is 14.6. The van der Waals surface area contributed by atoms with Crippen molar-refractivity contribution in [2.45, 2.75) is 24.7 Å². The van der Waals surface area contributed by atoms with Gasteiger partial charge in [-0.3, -0.25) is 0 Å². The zero-order valence-electron chi connectivity index (χ0n) is 16.8. The number of hydrogen-bond donors (Lipinski definition) is 1. The van der Waals surface area contributed by atoms with Crippen molar-refractivity contribution in [2.24, 2.45) is 7.05 Å². The van der Waals surface area contributed by atoms with E-state index >= 15 is 0 Å². The zero-order chi connectivity index (χ0) is 21.3. The topological polar surface area (TPSA) is 74.1 Å². The van der Waals surface area contributed by atoms with E-state index in [2.05, 4.69) is 36.8 Å². The lowest BCUT2D eigenvalue weighted by molar-refractivity contribution is 0.284. The third kappa shape index (κ3) is 6.34. The summed E-state index contributed by atoms with van der Waals surface area (Å²) in [5.41, 5.74) is 2.03. The molecule has 0 radical (unpaired) electrons. The molecule has 1 heterocycles. The molecule has 2 aromatic carbocycles. The van der Waals surface area contributed by atoms with Crippen molar-refractivity contribution in [3.63, 3.8) is 0 Å². The van der Waals surface area contributed by atoms with Crippen molar-refractivity contribution in [2.75, 3.05) is 19.4 Å². The Bertz CT molecular complexity index is 972. The van der Waals surface area contributed by atoms with Gasteiger partial charge in [-0.05, 0) is 47.2 Å². The molecule has 0 bridgehead atoms. The van der Waals surface area contributed by atoms with Gasteiger partial charge in [-0.2, -0.15) is 0 Å². The summed E-state index contributed by atoms with van der Waals surface area (Å²) in [6.45, 7) is 1.98. The highest BCUT2D eigenvalue weighted by Gasteiger charge is 2.11. The van der Waals surface area contributed by atoms with Crippen LogP contribution >= 0.6 is 39.3 Å². The second-order valence-electron chi connectivity index (χ2n) is 6.44. The molecule has 0 fully saturated rings. The van der Waals surface area contributed by atoms with Crippen LogP contribution in [0.15, 0.2) is 46.0 Å². The molecule has 0 amide bonds. The van der Waals surface area contributed by atoms with Crippen molar-refractivity contribution in [1.82, 2.24) is 25.5 Å². The van der Waals surface area contributed by atoms with Crippen LogP contribution < -0.4 is 14.8 Å². The van der Waals surface area contributed by atoms with E-state index in [0.29, 0.717) is 23.1 Å². The second kappa shape index (κ2) is 11.5. The molecule has 1 aromatic heterocycles. The van der Waals surface area contributed by atoms with E-state index in [0.717, 1.165) is 46.0 Å². The zero-order valence-corrected chi connectivity index (χ0v) is 19.9. The lowest BCUT2D eigenvalue weighted by atomic mass is 10.2. The summed E-state index contributed by atoms with van der Waals surface area (Å²) in [6.07, 6.45) is 1.01. The summed E-state index contributed by atoms with van der Waals surface area (Å²) < 4.78 is 14.1. The molecule has 0 saturated carbocycles. The van der Waals surface area contributed by atoms with E-state index in [9.17, 15) is 0 Å². The Hall–Kier alpha value is -1.81. The minimum atomic E-state index is 0.374. The largest absolute Gasteiger partial charge is 0.493 e. The van der Waals surface area contributed by atoms with Crippen molar-refractivity contribution < 1.29 is 9.47 Å². The predicted octanol–water partition coefficient (Wildman–Crippen LogP) is 4.49. The van der Waals surface area contributed by atoms with Gasteiger partial charge in [0.05, 0.1) is 7.11 Å². The van der Waals surface area contributed by atoms with Crippen LogP contribution in [0, 0.1) is 0 Å². The Morgan fingerprint density at radius 2 is 2.03 bits per heavy atom. The van der Waals surface area contributed by atoms with Crippen LogP contribution in [0.4, 0.5) is 0 Å². The van der Waals surface area contributed by atoms with E-state index < -0.39 is 0 Å². The molecular formula is C20H23BrClN5O2S. The van der Waals surface area contributed by atoms with Gasteiger partial charge < -0.3 is 14.8 Å². The maximum atomic E-state index is 6.21. The predicted molar refractivity (Wildman–Crippen MR) is 122 cm³/mol. The maximum absolute atomic E-state index is 6.21. The molecule has 7 nitrogen and oxygen atoms in total. The van der Waals surface area contributed by atoms with Gasteiger partial charge in [-0.25, -0.2) is 4.68 Å². The van der Waals surface area contributed by atoms with Crippen LogP contribution in [-0.4, -0.2) is 39.6 Å². The molecule has 3 rings (SSSR count). The average Bonchev–Trinajstić information content (AvgIpc) is 3.15. The standard InChI is InChI=1S/C20H23BrClN5O2S/c1-27-20(24-25-26-27)30-9-5-8-23-12-15-10-18(28-2)19(11-16(15)21)29-13-14-6-3-4-7-17(14)22/h3-4,6-7,10-11,23H,5,8-9,12-13H2,1-2H3. The Morgan fingerprint density at radius 3 is 2.77 bits per heavy atom. The van der Waals surface area contributed by atoms with Gasteiger partial charge in [0.25, 0.3) is 0 Å². The van der Waals surface area contributed by atoms with Crippen LogP contribution in [0.2, 0.25) is 5.02 Å². The number of nitrogens with one attached hydrogen (secondary N) is 1. The molecule has 0 spiro atoms. The molecule has 30 heavy (non-hydrogen) atoms. The summed E-state index contributed by atoms with van der Waals surface area (Å²) in [5.74, 6) is 2.30. The minimum Gasteiger partial charge on any atom is -0.493 e. The number of halogens is 2. The van der Waals surface area contributed by atoms with Gasteiger partial charge in [-0.1, -0.05) is 57.5 Å². The molecule has 0 unspecified atom stereocenters. The number of aryl methyl sites for hydroxylation is 1. The number of ether oxygens (including phenoxy) is 2. The normalized spacial score (nSPS) is 10.9. The summed E-state index contributed by atoms with van der Waals surface area (Å²) in [4.78, 5) is 0. The number of rotatable bonds is 11. The fourth-order valence-electron chi connectivity index (χ4n) is 2.68. The number of aromatic nitrogens is 4. The van der Waals surface area contributed by atoms with Crippen molar-refractivity contribution in [3.05, 3.63) is 57.0 Å². The lowest BCUT2D eigenvalue weighted by Crippen LogP contribution is -2.16. The van der Waals surface area contributed by atoms with Gasteiger partial charge in [-0.15, -0.1) is 5.10 Å². The third-order valence-corrected chi connectivity index (χ3v) is 6.50. The molecular weight excluding hydrogens is 490 g/mol. The number of hydrogen-bond acceptors (Lipinski definition) is 7. The lowest BCUT2D eigenvalue weighted by Gasteiger charge is -2.15. The monoisotopic (exact) mass is 511 g/mol. The van der Waals surface area contributed by atoms with E-state index in [-0.39, 0.29) is 0 Å². The van der Waals surface area contributed by atoms with E-state index in [1.54, 1.807) is 23.6 Å². The fraction of sp³-hybridized carbons (Fsp3) is 0.350. The first-order valence-corrected chi connectivity index (χ1v) is 11.5. The molecule has 0 saturated heterocycles. The Kier molecular flexibility index (Phi) is 8.80. The number of methoxy groups -OCH3 is 1. The number of thioether (sulfide) groups is 1. The van der Waals surface area contributed by atoms with Crippen LogP contribution in [0.5, 0.6) is 11.5 Å². The van der Waals surface area contributed by atoms with Gasteiger partial charge >= 0.3 is 0 Å². The molecule has 0 aliphatic rings. The fourth-order valence-corrected chi connectivity index (χ4v) is 4.12. The minimum absolute atomic E-state index is 0.374. The highest BCUT2D eigenvalue weighted by Crippen LogP contribution is 2.34. The molecule has 10 heteroatoms.